The second-order valence-electron chi connectivity index (χ2n) is 6.01. The lowest BCUT2D eigenvalue weighted by Gasteiger charge is -2.29. The summed E-state index contributed by atoms with van der Waals surface area (Å²) in [5.74, 6) is 0.964. The van der Waals surface area contributed by atoms with E-state index in [0.717, 1.165) is 18.0 Å². The molecule has 1 saturated carbocycles. The minimum absolute atomic E-state index is 0.210. The molecule has 0 radical (unpaired) electrons. The molecule has 18 heavy (non-hydrogen) atoms. The van der Waals surface area contributed by atoms with Crippen LogP contribution in [0.15, 0.2) is 42.0 Å². The molecular formula is C16H17NO. The maximum absolute atomic E-state index is 12.6. The molecule has 0 N–H and O–H groups in total. The summed E-state index contributed by atoms with van der Waals surface area (Å²) in [4.78, 5) is 14.7. The van der Waals surface area contributed by atoms with Crippen LogP contribution < -0.4 is 0 Å². The van der Waals surface area contributed by atoms with Crippen molar-refractivity contribution in [2.24, 2.45) is 11.3 Å². The number of hydrogen-bond donors (Lipinski definition) is 0. The van der Waals surface area contributed by atoms with Crippen LogP contribution in [-0.4, -0.2) is 23.4 Å². The van der Waals surface area contributed by atoms with Gasteiger partial charge in [0.15, 0.2) is 0 Å². The highest BCUT2D eigenvalue weighted by atomic mass is 16.2. The predicted octanol–water partition coefficient (Wildman–Crippen LogP) is 2.87. The van der Waals surface area contributed by atoms with E-state index >= 15 is 0 Å². The Balaban J connectivity index is 1.67. The monoisotopic (exact) mass is 239 g/mol. The smallest absolute Gasteiger partial charge is 0.254 e. The van der Waals surface area contributed by atoms with Crippen molar-refractivity contribution in [3.8, 4) is 0 Å². The van der Waals surface area contributed by atoms with E-state index in [1.165, 1.54) is 18.4 Å². The lowest BCUT2D eigenvalue weighted by Crippen LogP contribution is -2.40. The largest absolute Gasteiger partial charge is 0.331 e. The van der Waals surface area contributed by atoms with Crippen molar-refractivity contribution in [2.75, 3.05) is 6.54 Å². The lowest BCUT2D eigenvalue weighted by molar-refractivity contribution is 0.0715. The lowest BCUT2D eigenvalue weighted by atomic mass is 9.96. The van der Waals surface area contributed by atoms with Crippen molar-refractivity contribution < 1.29 is 4.79 Å². The minimum atomic E-state index is 0.210. The van der Waals surface area contributed by atoms with Gasteiger partial charge in [0.25, 0.3) is 5.91 Å². The number of carbonyl (C=O) groups is 1. The van der Waals surface area contributed by atoms with Gasteiger partial charge < -0.3 is 4.90 Å². The fraction of sp³-hybridized carbons (Fsp3) is 0.438. The third-order valence-electron chi connectivity index (χ3n) is 5.07. The first kappa shape index (κ1) is 10.4. The number of hydrogen-bond acceptors (Lipinski definition) is 1. The molecule has 0 bridgehead atoms. The quantitative estimate of drug-likeness (QED) is 0.690. The minimum Gasteiger partial charge on any atom is -0.331 e. The van der Waals surface area contributed by atoms with Crippen molar-refractivity contribution in [1.29, 1.82) is 0 Å². The number of rotatable bonds is 1. The molecular weight excluding hydrogens is 222 g/mol. The van der Waals surface area contributed by atoms with E-state index in [1.807, 2.05) is 30.3 Å². The molecule has 3 atom stereocenters. The van der Waals surface area contributed by atoms with Gasteiger partial charge in [-0.25, -0.2) is 0 Å². The SMILES string of the molecule is CC1=CC[C@]23C[C@H]2CN(C(=O)c2ccccc2)[C@H]13. The maximum Gasteiger partial charge on any atom is 0.254 e. The first-order valence-electron chi connectivity index (χ1n) is 6.75. The van der Waals surface area contributed by atoms with Crippen molar-refractivity contribution >= 4 is 5.91 Å². The second-order valence-corrected chi connectivity index (χ2v) is 6.01. The van der Waals surface area contributed by atoms with E-state index in [0.29, 0.717) is 11.5 Å². The Morgan fingerprint density at radius 3 is 2.89 bits per heavy atom. The van der Waals surface area contributed by atoms with Crippen LogP contribution in [0.1, 0.15) is 30.1 Å². The molecule has 1 saturated heterocycles. The number of likely N-dealkylation sites (tertiary alicyclic amines) is 1. The number of piperidine rings is 1. The Morgan fingerprint density at radius 1 is 1.33 bits per heavy atom. The van der Waals surface area contributed by atoms with Crippen LogP contribution in [-0.2, 0) is 0 Å². The summed E-state index contributed by atoms with van der Waals surface area (Å²) in [6.45, 7) is 3.15. The molecule has 3 aliphatic rings. The number of nitrogens with zero attached hydrogens (tertiary/aromatic N) is 1. The number of amides is 1. The average molecular weight is 239 g/mol. The second kappa shape index (κ2) is 3.25. The molecule has 0 aromatic heterocycles. The van der Waals surface area contributed by atoms with Crippen LogP contribution in [0.4, 0.5) is 0 Å². The van der Waals surface area contributed by atoms with E-state index in [-0.39, 0.29) is 5.91 Å². The van der Waals surface area contributed by atoms with E-state index in [9.17, 15) is 4.79 Å². The van der Waals surface area contributed by atoms with Gasteiger partial charge in [-0.3, -0.25) is 4.79 Å². The van der Waals surface area contributed by atoms with Crippen molar-refractivity contribution in [3.05, 3.63) is 47.5 Å². The predicted molar refractivity (Wildman–Crippen MR) is 70.2 cm³/mol. The van der Waals surface area contributed by atoms with Crippen LogP contribution in [0.2, 0.25) is 0 Å². The highest BCUT2D eigenvalue weighted by Crippen LogP contribution is 2.68. The van der Waals surface area contributed by atoms with Gasteiger partial charge in [0.05, 0.1) is 6.04 Å². The highest BCUT2D eigenvalue weighted by molar-refractivity contribution is 5.95. The molecule has 1 aromatic carbocycles. The third kappa shape index (κ3) is 1.16. The Kier molecular flexibility index (Phi) is 1.87. The van der Waals surface area contributed by atoms with Crippen molar-refractivity contribution in [1.82, 2.24) is 4.90 Å². The molecule has 0 unspecified atom stereocenters. The van der Waals surface area contributed by atoms with Gasteiger partial charge in [0, 0.05) is 17.5 Å². The fourth-order valence-electron chi connectivity index (χ4n) is 4.10. The molecule has 2 fully saturated rings. The normalized spacial score (nSPS) is 36.1. The number of benzene rings is 1. The molecule has 1 heterocycles. The molecule has 1 aliphatic heterocycles. The third-order valence-corrected chi connectivity index (χ3v) is 5.07. The van der Waals surface area contributed by atoms with Crippen molar-refractivity contribution in [2.45, 2.75) is 25.8 Å². The Morgan fingerprint density at radius 2 is 2.11 bits per heavy atom. The summed E-state index contributed by atoms with van der Waals surface area (Å²) in [5.41, 5.74) is 2.67. The molecule has 2 nitrogen and oxygen atoms in total. The van der Waals surface area contributed by atoms with Gasteiger partial charge in [-0.1, -0.05) is 29.8 Å². The summed E-state index contributed by atoms with van der Waals surface area (Å²) < 4.78 is 0. The first-order valence-corrected chi connectivity index (χ1v) is 6.75. The van der Waals surface area contributed by atoms with Crippen LogP contribution in [0, 0.1) is 11.3 Å². The van der Waals surface area contributed by atoms with E-state index in [1.54, 1.807) is 0 Å². The van der Waals surface area contributed by atoms with E-state index < -0.39 is 0 Å². The van der Waals surface area contributed by atoms with Crippen LogP contribution in [0.25, 0.3) is 0 Å². The zero-order valence-electron chi connectivity index (χ0n) is 10.6. The standard InChI is InChI=1S/C16H17NO/c1-11-7-8-16-9-13(16)10-17(14(11)16)15(18)12-5-3-2-4-6-12/h2-7,13-14H,8-10H2,1H3/t13-,14+,16-/m0/s1. The summed E-state index contributed by atoms with van der Waals surface area (Å²) in [5, 5.41) is 0. The summed E-state index contributed by atoms with van der Waals surface area (Å²) in [6.07, 6.45) is 4.85. The van der Waals surface area contributed by atoms with Gasteiger partial charge in [-0.05, 0) is 37.8 Å². The van der Waals surface area contributed by atoms with Gasteiger partial charge in [-0.15, -0.1) is 0 Å². The zero-order valence-corrected chi connectivity index (χ0v) is 10.6. The van der Waals surface area contributed by atoms with Crippen LogP contribution in [0.5, 0.6) is 0 Å². The maximum atomic E-state index is 12.6. The Hall–Kier alpha value is -1.57. The number of allylic oxidation sites excluding steroid dienone is 1. The summed E-state index contributed by atoms with van der Waals surface area (Å²) in [6, 6.07) is 10.1. The molecule has 92 valence electrons. The average Bonchev–Trinajstić information content (AvgIpc) is 2.84. The molecule has 2 heteroatoms. The molecule has 1 aromatic rings. The van der Waals surface area contributed by atoms with Gasteiger partial charge in [0.2, 0.25) is 0 Å². The van der Waals surface area contributed by atoms with Gasteiger partial charge in [0.1, 0.15) is 0 Å². The highest BCUT2D eigenvalue weighted by Gasteiger charge is 2.68. The van der Waals surface area contributed by atoms with Crippen LogP contribution in [0.3, 0.4) is 0 Å². The van der Waals surface area contributed by atoms with Crippen LogP contribution >= 0.6 is 0 Å². The van der Waals surface area contributed by atoms with Gasteiger partial charge in [-0.2, -0.15) is 0 Å². The molecule has 1 spiro atoms. The molecule has 1 amide bonds. The molecule has 2 aliphatic carbocycles. The van der Waals surface area contributed by atoms with E-state index in [4.69, 9.17) is 0 Å². The summed E-state index contributed by atoms with van der Waals surface area (Å²) in [7, 11) is 0. The van der Waals surface area contributed by atoms with E-state index in [2.05, 4.69) is 17.9 Å². The first-order chi connectivity index (χ1) is 8.72. The Bertz CT molecular complexity index is 547. The zero-order chi connectivity index (χ0) is 12.3. The summed E-state index contributed by atoms with van der Waals surface area (Å²) >= 11 is 0. The van der Waals surface area contributed by atoms with Crippen molar-refractivity contribution in [3.63, 3.8) is 0 Å². The fourth-order valence-corrected chi connectivity index (χ4v) is 4.10. The molecule has 4 rings (SSSR count). The number of carbonyl (C=O) groups excluding carboxylic acids is 1. The topological polar surface area (TPSA) is 20.3 Å². The van der Waals surface area contributed by atoms with Gasteiger partial charge >= 0.3 is 0 Å². The Labute approximate surface area is 107 Å².